The third kappa shape index (κ3) is 2.69. The van der Waals surface area contributed by atoms with Gasteiger partial charge in [0.05, 0.1) is 18.3 Å². The summed E-state index contributed by atoms with van der Waals surface area (Å²) in [5.41, 5.74) is 4.52. The van der Waals surface area contributed by atoms with E-state index in [1.54, 1.807) is 0 Å². The number of benzodiazepines with no additional fused rings is 1. The highest BCUT2D eigenvalue weighted by molar-refractivity contribution is 6.16. The lowest BCUT2D eigenvalue weighted by molar-refractivity contribution is 0.275. The Hall–Kier alpha value is -2.13. The molecule has 0 spiro atoms. The highest BCUT2D eigenvalue weighted by Crippen LogP contribution is 2.28. The van der Waals surface area contributed by atoms with Crippen LogP contribution in [0.2, 0.25) is 0 Å². The van der Waals surface area contributed by atoms with Gasteiger partial charge in [0.2, 0.25) is 0 Å². The van der Waals surface area contributed by atoms with Gasteiger partial charge in [-0.1, -0.05) is 48.5 Å². The first-order valence-corrected chi connectivity index (χ1v) is 7.34. The summed E-state index contributed by atoms with van der Waals surface area (Å²) in [6, 6.07) is 18.9. The number of aliphatic imine (C=N–C) groups is 1. The Balaban J connectivity index is 2.10. The van der Waals surface area contributed by atoms with Crippen molar-refractivity contribution in [3.63, 3.8) is 0 Å². The van der Waals surface area contributed by atoms with E-state index in [4.69, 9.17) is 4.99 Å². The summed E-state index contributed by atoms with van der Waals surface area (Å²) >= 11 is 0. The Kier molecular flexibility index (Phi) is 4.02. The van der Waals surface area contributed by atoms with Gasteiger partial charge in [-0.2, -0.15) is 0 Å². The van der Waals surface area contributed by atoms with Crippen LogP contribution in [0.5, 0.6) is 0 Å². The fourth-order valence-corrected chi connectivity index (χ4v) is 2.86. The Morgan fingerprint density at radius 2 is 1.81 bits per heavy atom. The quantitative estimate of drug-likeness (QED) is 0.938. The number of nitrogens with zero attached hydrogens (tertiary/aromatic N) is 2. The number of rotatable bonds is 3. The summed E-state index contributed by atoms with van der Waals surface area (Å²) in [6.45, 7) is 0.892. The molecule has 3 rings (SSSR count). The van der Waals surface area contributed by atoms with Crippen molar-refractivity contribution in [2.45, 2.75) is 12.5 Å². The molecule has 3 nitrogen and oxygen atoms in total. The Bertz CT molecular complexity index is 637. The highest BCUT2D eigenvalue weighted by Gasteiger charge is 2.23. The summed E-state index contributed by atoms with van der Waals surface area (Å²) in [7, 11) is 2.09. The molecular weight excluding hydrogens is 260 g/mol. The van der Waals surface area contributed by atoms with Gasteiger partial charge in [-0.25, -0.2) is 0 Å². The van der Waals surface area contributed by atoms with E-state index in [1.807, 2.05) is 18.2 Å². The largest absolute Gasteiger partial charge is 0.396 e. The predicted molar refractivity (Wildman–Crippen MR) is 87.3 cm³/mol. The first kappa shape index (κ1) is 13.8. The summed E-state index contributed by atoms with van der Waals surface area (Å²) in [6.07, 6.45) is 0.733. The molecule has 2 aromatic rings. The van der Waals surface area contributed by atoms with Gasteiger partial charge in [-0.15, -0.1) is 0 Å². The standard InChI is InChI=1S/C18H20N2O/c1-20-15(11-12-21)13-19-18(14-7-3-2-4-8-14)16-9-5-6-10-17(16)20/h2-10,15,21H,11-13H2,1H3/t15-/m0/s1. The SMILES string of the molecule is CN1c2ccccc2C(c2ccccc2)=NC[C@@H]1CCO. The molecule has 0 bridgehead atoms. The van der Waals surface area contributed by atoms with Crippen LogP contribution in [0.15, 0.2) is 59.6 Å². The molecule has 2 aromatic carbocycles. The molecule has 0 aliphatic carbocycles. The first-order valence-electron chi connectivity index (χ1n) is 7.34. The maximum absolute atomic E-state index is 9.28. The predicted octanol–water partition coefficient (Wildman–Crippen LogP) is 2.72. The monoisotopic (exact) mass is 280 g/mol. The number of likely N-dealkylation sites (N-methyl/N-ethyl adjacent to an activating group) is 1. The number of para-hydroxylation sites is 1. The average Bonchev–Trinajstić information content (AvgIpc) is 2.67. The number of fused-ring (bicyclic) bond motifs is 1. The topological polar surface area (TPSA) is 35.8 Å². The third-order valence-electron chi connectivity index (χ3n) is 4.06. The van der Waals surface area contributed by atoms with Crippen molar-refractivity contribution in [2.24, 2.45) is 4.99 Å². The summed E-state index contributed by atoms with van der Waals surface area (Å²) < 4.78 is 0. The second-order valence-corrected chi connectivity index (χ2v) is 5.35. The van der Waals surface area contributed by atoms with Crippen LogP contribution in [-0.4, -0.2) is 37.1 Å². The van der Waals surface area contributed by atoms with Gasteiger partial charge >= 0.3 is 0 Å². The Morgan fingerprint density at radius 1 is 1.10 bits per heavy atom. The van der Waals surface area contributed by atoms with Crippen LogP contribution >= 0.6 is 0 Å². The zero-order chi connectivity index (χ0) is 14.7. The van der Waals surface area contributed by atoms with E-state index in [2.05, 4.69) is 48.3 Å². The smallest absolute Gasteiger partial charge is 0.0740 e. The van der Waals surface area contributed by atoms with E-state index in [0.29, 0.717) is 6.54 Å². The van der Waals surface area contributed by atoms with E-state index < -0.39 is 0 Å². The van der Waals surface area contributed by atoms with Crippen LogP contribution in [0, 0.1) is 0 Å². The molecule has 0 amide bonds. The lowest BCUT2D eigenvalue weighted by Gasteiger charge is -2.28. The highest BCUT2D eigenvalue weighted by atomic mass is 16.3. The second-order valence-electron chi connectivity index (χ2n) is 5.35. The van der Waals surface area contributed by atoms with Crippen LogP contribution in [0.1, 0.15) is 17.5 Å². The molecular formula is C18H20N2O. The number of aliphatic hydroxyl groups is 1. The van der Waals surface area contributed by atoms with E-state index in [0.717, 1.165) is 23.3 Å². The van der Waals surface area contributed by atoms with Crippen LogP contribution in [-0.2, 0) is 0 Å². The summed E-state index contributed by atoms with van der Waals surface area (Å²) in [5.74, 6) is 0. The van der Waals surface area contributed by atoms with Crippen molar-refractivity contribution < 1.29 is 5.11 Å². The fraction of sp³-hybridized carbons (Fsp3) is 0.278. The fourth-order valence-electron chi connectivity index (χ4n) is 2.86. The maximum Gasteiger partial charge on any atom is 0.0740 e. The van der Waals surface area contributed by atoms with Crippen LogP contribution < -0.4 is 4.90 Å². The lowest BCUT2D eigenvalue weighted by atomic mass is 10.0. The van der Waals surface area contributed by atoms with E-state index >= 15 is 0 Å². The molecule has 1 aliphatic heterocycles. The minimum absolute atomic E-state index is 0.188. The number of benzene rings is 2. The van der Waals surface area contributed by atoms with E-state index in [-0.39, 0.29) is 12.6 Å². The van der Waals surface area contributed by atoms with Crippen molar-refractivity contribution in [1.29, 1.82) is 0 Å². The number of hydrogen-bond acceptors (Lipinski definition) is 3. The van der Waals surface area contributed by atoms with E-state index in [9.17, 15) is 5.11 Å². The molecule has 0 aromatic heterocycles. The summed E-state index contributed by atoms with van der Waals surface area (Å²) in [4.78, 5) is 7.09. The second kappa shape index (κ2) is 6.10. The molecule has 0 saturated carbocycles. The normalized spacial score (nSPS) is 17.9. The molecule has 0 fully saturated rings. The van der Waals surface area contributed by atoms with Gasteiger partial charge < -0.3 is 10.0 Å². The molecule has 0 saturated heterocycles. The average molecular weight is 280 g/mol. The zero-order valence-electron chi connectivity index (χ0n) is 12.2. The molecule has 1 aliphatic rings. The molecule has 3 heteroatoms. The number of anilines is 1. The van der Waals surface area contributed by atoms with Crippen molar-refractivity contribution in [1.82, 2.24) is 0 Å². The van der Waals surface area contributed by atoms with Gasteiger partial charge in [0.25, 0.3) is 0 Å². The Labute approximate surface area is 125 Å². The van der Waals surface area contributed by atoms with Crippen molar-refractivity contribution in [3.05, 3.63) is 65.7 Å². The molecule has 1 heterocycles. The van der Waals surface area contributed by atoms with Crippen molar-refractivity contribution in [2.75, 3.05) is 25.1 Å². The first-order chi connectivity index (χ1) is 10.3. The minimum atomic E-state index is 0.188. The van der Waals surface area contributed by atoms with Crippen molar-refractivity contribution in [3.8, 4) is 0 Å². The molecule has 1 N–H and O–H groups in total. The third-order valence-corrected chi connectivity index (χ3v) is 4.06. The number of hydrogen-bond donors (Lipinski definition) is 1. The zero-order valence-corrected chi connectivity index (χ0v) is 12.2. The van der Waals surface area contributed by atoms with Crippen LogP contribution in [0.3, 0.4) is 0 Å². The van der Waals surface area contributed by atoms with E-state index in [1.165, 1.54) is 5.69 Å². The van der Waals surface area contributed by atoms with Gasteiger partial charge in [-0.3, -0.25) is 4.99 Å². The minimum Gasteiger partial charge on any atom is -0.396 e. The maximum atomic E-state index is 9.28. The van der Waals surface area contributed by atoms with Gasteiger partial charge in [0.1, 0.15) is 0 Å². The molecule has 108 valence electrons. The van der Waals surface area contributed by atoms with Crippen molar-refractivity contribution >= 4 is 11.4 Å². The van der Waals surface area contributed by atoms with Crippen LogP contribution in [0.25, 0.3) is 0 Å². The lowest BCUT2D eigenvalue weighted by Crippen LogP contribution is -2.34. The molecule has 0 radical (unpaired) electrons. The number of aliphatic hydroxyl groups excluding tert-OH is 1. The molecule has 1 atom stereocenters. The van der Waals surface area contributed by atoms with Crippen LogP contribution in [0.4, 0.5) is 5.69 Å². The van der Waals surface area contributed by atoms with Gasteiger partial charge in [0.15, 0.2) is 0 Å². The van der Waals surface area contributed by atoms with Gasteiger partial charge in [0, 0.05) is 30.5 Å². The van der Waals surface area contributed by atoms with Gasteiger partial charge in [-0.05, 0) is 12.5 Å². The Morgan fingerprint density at radius 3 is 2.57 bits per heavy atom. The summed E-state index contributed by atoms with van der Waals surface area (Å²) in [5, 5.41) is 9.28. The molecule has 0 unspecified atom stereocenters. The molecule has 21 heavy (non-hydrogen) atoms.